The molecule has 0 bridgehead atoms. The van der Waals surface area contributed by atoms with Crippen molar-refractivity contribution in [3.8, 4) is 28.3 Å². The van der Waals surface area contributed by atoms with Gasteiger partial charge in [-0.25, -0.2) is 19.7 Å². The van der Waals surface area contributed by atoms with Crippen LogP contribution in [0.2, 0.25) is 0 Å². The Bertz CT molecular complexity index is 1850. The van der Waals surface area contributed by atoms with Crippen LogP contribution < -0.4 is 11.1 Å². The standard InChI is InChI=1S/C34H34N6O3/c1-21(41)22-8-5-9-23(20-22)27-15-16-28-31(37-27)40(30(38-28)26-10-6-19-36-29(26)35)25-13-11-24(12-14-25)34(17-7-18-34)39-32(42)43-33(2,3)4/h5-6,8-16,19-20H,7,17-18H2,1-4H3,(H2,35,36)(H,39,42). The Hall–Kier alpha value is -5.05. The van der Waals surface area contributed by atoms with Crippen LogP contribution in [0, 0.1) is 0 Å². The number of carbonyl (C=O) groups is 2. The average molecular weight is 575 g/mol. The number of ketones is 1. The second-order valence-corrected chi connectivity index (χ2v) is 12.0. The van der Waals surface area contributed by atoms with Crippen molar-refractivity contribution < 1.29 is 14.3 Å². The first-order valence-corrected chi connectivity index (χ1v) is 14.4. The van der Waals surface area contributed by atoms with Crippen LogP contribution in [0.1, 0.15) is 62.9 Å². The summed E-state index contributed by atoms with van der Waals surface area (Å²) in [6.07, 6.45) is 3.92. The Morgan fingerprint density at radius 1 is 0.977 bits per heavy atom. The summed E-state index contributed by atoms with van der Waals surface area (Å²) in [4.78, 5) is 39.0. The van der Waals surface area contributed by atoms with E-state index < -0.39 is 17.2 Å². The highest BCUT2D eigenvalue weighted by Crippen LogP contribution is 2.42. The number of Topliss-reactive ketones (excluding diaryl/α,β-unsaturated/α-hetero) is 1. The minimum atomic E-state index is -0.578. The van der Waals surface area contributed by atoms with Gasteiger partial charge in [0.2, 0.25) is 0 Å². The first-order valence-electron chi connectivity index (χ1n) is 14.4. The van der Waals surface area contributed by atoms with Gasteiger partial charge in [-0.3, -0.25) is 9.36 Å². The van der Waals surface area contributed by atoms with Crippen molar-refractivity contribution in [2.24, 2.45) is 0 Å². The van der Waals surface area contributed by atoms with Crippen molar-refractivity contribution >= 4 is 28.9 Å². The molecular formula is C34H34N6O3. The molecule has 1 aliphatic rings. The molecule has 0 radical (unpaired) electrons. The van der Waals surface area contributed by atoms with E-state index in [1.165, 1.54) is 0 Å². The van der Waals surface area contributed by atoms with Gasteiger partial charge in [-0.15, -0.1) is 0 Å². The third-order valence-electron chi connectivity index (χ3n) is 7.77. The molecule has 0 saturated heterocycles. The lowest BCUT2D eigenvalue weighted by atomic mass is 9.72. The molecule has 0 unspecified atom stereocenters. The summed E-state index contributed by atoms with van der Waals surface area (Å²) in [6.45, 7) is 7.12. The van der Waals surface area contributed by atoms with Crippen LogP contribution in [0.25, 0.3) is 39.5 Å². The van der Waals surface area contributed by atoms with Gasteiger partial charge in [0.05, 0.1) is 16.8 Å². The number of imidazole rings is 1. The first kappa shape index (κ1) is 28.1. The van der Waals surface area contributed by atoms with Crippen LogP contribution in [0.5, 0.6) is 0 Å². The fourth-order valence-electron chi connectivity index (χ4n) is 5.49. The molecule has 5 aromatic rings. The highest BCUT2D eigenvalue weighted by atomic mass is 16.6. The number of rotatable bonds is 6. The highest BCUT2D eigenvalue weighted by Gasteiger charge is 2.41. The van der Waals surface area contributed by atoms with E-state index in [4.69, 9.17) is 20.4 Å². The lowest BCUT2D eigenvalue weighted by Crippen LogP contribution is -2.52. The zero-order valence-corrected chi connectivity index (χ0v) is 24.7. The van der Waals surface area contributed by atoms with E-state index in [2.05, 4.69) is 10.3 Å². The van der Waals surface area contributed by atoms with E-state index in [1.807, 2.05) is 92.1 Å². The summed E-state index contributed by atoms with van der Waals surface area (Å²) in [6, 6.07) is 23.1. The van der Waals surface area contributed by atoms with Gasteiger partial charge in [-0.05, 0) is 95.0 Å². The molecule has 0 aliphatic heterocycles. The van der Waals surface area contributed by atoms with Gasteiger partial charge in [0.25, 0.3) is 0 Å². The van der Waals surface area contributed by atoms with Gasteiger partial charge < -0.3 is 15.8 Å². The van der Waals surface area contributed by atoms with Crippen molar-refractivity contribution in [3.63, 3.8) is 0 Å². The van der Waals surface area contributed by atoms with Crippen molar-refractivity contribution in [1.29, 1.82) is 0 Å². The number of amides is 1. The number of anilines is 1. The Balaban J connectivity index is 1.45. The van der Waals surface area contributed by atoms with Crippen LogP contribution in [-0.2, 0) is 10.3 Å². The second kappa shape index (κ2) is 10.7. The number of aromatic nitrogens is 4. The van der Waals surface area contributed by atoms with E-state index in [1.54, 1.807) is 19.2 Å². The van der Waals surface area contributed by atoms with E-state index in [9.17, 15) is 9.59 Å². The van der Waals surface area contributed by atoms with E-state index in [0.29, 0.717) is 39.6 Å². The molecule has 3 N–H and O–H groups in total. The smallest absolute Gasteiger partial charge is 0.408 e. The molecule has 1 fully saturated rings. The lowest BCUT2D eigenvalue weighted by Gasteiger charge is -2.43. The van der Waals surface area contributed by atoms with Crippen molar-refractivity contribution in [3.05, 3.63) is 90.1 Å². The molecule has 2 aromatic carbocycles. The van der Waals surface area contributed by atoms with Crippen LogP contribution >= 0.6 is 0 Å². The molecule has 1 amide bonds. The van der Waals surface area contributed by atoms with Gasteiger partial charge in [-0.2, -0.15) is 0 Å². The normalized spacial score (nSPS) is 14.2. The third-order valence-corrected chi connectivity index (χ3v) is 7.77. The molecule has 9 heteroatoms. The SMILES string of the molecule is CC(=O)c1cccc(-c2ccc3nc(-c4cccnc4N)n(-c4ccc(C5(NC(=O)OC(C)(C)C)CCC5)cc4)c3n2)c1. The number of nitrogens with zero attached hydrogens (tertiary/aromatic N) is 4. The molecule has 0 atom stereocenters. The van der Waals surface area contributed by atoms with E-state index in [-0.39, 0.29) is 5.78 Å². The number of alkyl carbamates (subject to hydrolysis) is 1. The highest BCUT2D eigenvalue weighted by molar-refractivity contribution is 5.95. The van der Waals surface area contributed by atoms with Crippen LogP contribution in [0.15, 0.2) is 79.0 Å². The number of fused-ring (bicyclic) bond motifs is 1. The molecular weight excluding hydrogens is 540 g/mol. The number of nitrogens with one attached hydrogen (secondary N) is 1. The third kappa shape index (κ3) is 5.46. The number of hydrogen-bond donors (Lipinski definition) is 2. The number of carbonyl (C=O) groups excluding carboxylic acids is 2. The molecule has 0 spiro atoms. The molecule has 218 valence electrons. The zero-order chi connectivity index (χ0) is 30.4. The molecule has 43 heavy (non-hydrogen) atoms. The Kier molecular flexibility index (Phi) is 6.96. The Morgan fingerprint density at radius 3 is 2.40 bits per heavy atom. The average Bonchev–Trinajstić information content (AvgIpc) is 3.33. The number of pyridine rings is 2. The Morgan fingerprint density at radius 2 is 1.74 bits per heavy atom. The maximum absolute atomic E-state index is 12.7. The molecule has 1 saturated carbocycles. The molecule has 6 rings (SSSR count). The maximum atomic E-state index is 12.7. The lowest BCUT2D eigenvalue weighted by molar-refractivity contribution is 0.0377. The summed E-state index contributed by atoms with van der Waals surface area (Å²) in [7, 11) is 0. The number of hydrogen-bond acceptors (Lipinski definition) is 7. The van der Waals surface area contributed by atoms with Gasteiger partial charge >= 0.3 is 6.09 Å². The topological polar surface area (TPSA) is 125 Å². The number of nitrogens with two attached hydrogens (primary N) is 1. The van der Waals surface area contributed by atoms with E-state index in [0.717, 1.165) is 36.1 Å². The molecule has 3 heterocycles. The monoisotopic (exact) mass is 574 g/mol. The summed E-state index contributed by atoms with van der Waals surface area (Å²) in [5.74, 6) is 0.966. The summed E-state index contributed by atoms with van der Waals surface area (Å²) in [5, 5.41) is 3.13. The first-order chi connectivity index (χ1) is 20.5. The molecule has 9 nitrogen and oxygen atoms in total. The fourth-order valence-corrected chi connectivity index (χ4v) is 5.49. The molecule has 1 aliphatic carbocycles. The fraction of sp³-hybridized carbons (Fsp3) is 0.265. The summed E-state index contributed by atoms with van der Waals surface area (Å²) in [5.41, 5.74) is 11.3. The van der Waals surface area contributed by atoms with Gasteiger partial charge in [0, 0.05) is 23.0 Å². The van der Waals surface area contributed by atoms with Crippen molar-refractivity contribution in [1.82, 2.24) is 24.8 Å². The largest absolute Gasteiger partial charge is 0.444 e. The van der Waals surface area contributed by atoms with Crippen LogP contribution in [-0.4, -0.2) is 37.0 Å². The zero-order valence-electron chi connectivity index (χ0n) is 24.7. The Labute approximate surface area is 250 Å². The number of ether oxygens (including phenoxy) is 1. The van der Waals surface area contributed by atoms with Gasteiger partial charge in [0.15, 0.2) is 17.3 Å². The van der Waals surface area contributed by atoms with Crippen LogP contribution in [0.3, 0.4) is 0 Å². The molecule has 3 aromatic heterocycles. The minimum absolute atomic E-state index is 0.00667. The quantitative estimate of drug-likeness (QED) is 0.213. The van der Waals surface area contributed by atoms with Gasteiger partial charge in [0.1, 0.15) is 16.9 Å². The van der Waals surface area contributed by atoms with Crippen molar-refractivity contribution in [2.75, 3.05) is 5.73 Å². The minimum Gasteiger partial charge on any atom is -0.444 e. The predicted octanol–water partition coefficient (Wildman–Crippen LogP) is 6.84. The predicted molar refractivity (Wildman–Crippen MR) is 167 cm³/mol. The number of benzene rings is 2. The second-order valence-electron chi connectivity index (χ2n) is 12.0. The summed E-state index contributed by atoms with van der Waals surface area (Å²) < 4.78 is 7.53. The summed E-state index contributed by atoms with van der Waals surface area (Å²) >= 11 is 0. The van der Waals surface area contributed by atoms with E-state index >= 15 is 0 Å². The van der Waals surface area contributed by atoms with Crippen LogP contribution in [0.4, 0.5) is 10.6 Å². The maximum Gasteiger partial charge on any atom is 0.408 e. The van der Waals surface area contributed by atoms with Gasteiger partial charge in [-0.1, -0.05) is 30.3 Å². The number of nitrogen functional groups attached to an aromatic ring is 1. The van der Waals surface area contributed by atoms with Crippen molar-refractivity contribution in [2.45, 2.75) is 58.1 Å².